The minimum Gasteiger partial charge on any atom is -0.493 e. The third-order valence-electron chi connectivity index (χ3n) is 3.09. The molecule has 0 aliphatic carbocycles. The van der Waals surface area contributed by atoms with Gasteiger partial charge < -0.3 is 10.5 Å². The molecule has 0 amide bonds. The molecular weight excluding hydrogens is 212 g/mol. The predicted octanol–water partition coefficient (Wildman–Crippen LogP) is 2.06. The zero-order valence-electron chi connectivity index (χ0n) is 9.47. The Labute approximate surface area is 100 Å². The molecule has 1 aromatic carbocycles. The van der Waals surface area contributed by atoms with E-state index in [9.17, 15) is 0 Å². The van der Waals surface area contributed by atoms with E-state index in [0.717, 1.165) is 30.0 Å². The van der Waals surface area contributed by atoms with Crippen LogP contribution < -0.4 is 10.5 Å². The van der Waals surface area contributed by atoms with Gasteiger partial charge in [0.05, 0.1) is 18.3 Å². The number of fused-ring (bicyclic) bond motifs is 1. The minimum absolute atomic E-state index is 0.218. The molecule has 0 saturated heterocycles. The Bertz CT molecular complexity index is 525. The first-order chi connectivity index (χ1) is 8.36. The zero-order valence-corrected chi connectivity index (χ0v) is 9.47. The van der Waals surface area contributed by atoms with E-state index in [4.69, 9.17) is 10.5 Å². The molecule has 2 aromatic rings. The van der Waals surface area contributed by atoms with Gasteiger partial charge in [0.1, 0.15) is 5.75 Å². The molecule has 17 heavy (non-hydrogen) atoms. The molecule has 0 radical (unpaired) electrons. The quantitative estimate of drug-likeness (QED) is 0.852. The fraction of sp³-hybridized carbons (Fsp3) is 0.214. The number of nitrogens with two attached hydrogens (primary N) is 1. The van der Waals surface area contributed by atoms with Crippen molar-refractivity contribution >= 4 is 0 Å². The normalized spacial score (nSPS) is 15.1. The molecule has 3 heteroatoms. The molecule has 0 bridgehead atoms. The molecule has 0 spiro atoms. The second kappa shape index (κ2) is 4.18. The summed E-state index contributed by atoms with van der Waals surface area (Å²) in [5.41, 5.74) is 9.39. The molecule has 1 unspecified atom stereocenters. The third-order valence-corrected chi connectivity index (χ3v) is 3.09. The summed E-state index contributed by atoms with van der Waals surface area (Å²) in [6, 6.07) is 11.7. The van der Waals surface area contributed by atoms with Crippen LogP contribution in [-0.4, -0.2) is 11.6 Å². The largest absolute Gasteiger partial charge is 0.493 e. The van der Waals surface area contributed by atoms with Gasteiger partial charge in [-0.1, -0.05) is 24.3 Å². The van der Waals surface area contributed by atoms with Crippen LogP contribution in [0.25, 0.3) is 0 Å². The molecule has 3 rings (SSSR count). The van der Waals surface area contributed by atoms with Crippen molar-refractivity contribution < 1.29 is 4.74 Å². The van der Waals surface area contributed by atoms with Crippen molar-refractivity contribution in [2.75, 3.05) is 6.61 Å². The van der Waals surface area contributed by atoms with Gasteiger partial charge in [-0.05, 0) is 17.7 Å². The topological polar surface area (TPSA) is 48.1 Å². The zero-order chi connectivity index (χ0) is 11.7. The molecule has 0 saturated carbocycles. The molecule has 3 nitrogen and oxygen atoms in total. The smallest absolute Gasteiger partial charge is 0.127 e. The Balaban J connectivity index is 2.03. The highest BCUT2D eigenvalue weighted by atomic mass is 16.5. The molecule has 2 heterocycles. The summed E-state index contributed by atoms with van der Waals surface area (Å²) in [7, 11) is 0. The average molecular weight is 226 g/mol. The van der Waals surface area contributed by atoms with Crippen LogP contribution in [-0.2, 0) is 6.42 Å². The lowest BCUT2D eigenvalue weighted by molar-refractivity contribution is 0.352. The van der Waals surface area contributed by atoms with E-state index in [-0.39, 0.29) is 6.04 Å². The maximum Gasteiger partial charge on any atom is 0.127 e. The van der Waals surface area contributed by atoms with Crippen LogP contribution in [0.5, 0.6) is 5.75 Å². The number of nitrogens with zero attached hydrogens (tertiary/aromatic N) is 1. The summed E-state index contributed by atoms with van der Waals surface area (Å²) in [4.78, 5) is 4.30. The van der Waals surface area contributed by atoms with Gasteiger partial charge in [-0.15, -0.1) is 0 Å². The standard InChI is InChI=1S/C14H14N2O/c15-13(12-6-1-2-8-16-12)11-5-3-4-10-7-9-17-14(10)11/h1-6,8,13H,7,9,15H2. The molecule has 0 fully saturated rings. The van der Waals surface area contributed by atoms with Gasteiger partial charge in [-0.3, -0.25) is 4.98 Å². The second-order valence-corrected chi connectivity index (χ2v) is 4.17. The lowest BCUT2D eigenvalue weighted by atomic mass is 10.00. The Morgan fingerprint density at radius 1 is 1.18 bits per heavy atom. The minimum atomic E-state index is -0.218. The van der Waals surface area contributed by atoms with Gasteiger partial charge in [0, 0.05) is 18.2 Å². The summed E-state index contributed by atoms with van der Waals surface area (Å²) < 4.78 is 5.66. The van der Waals surface area contributed by atoms with Crippen LogP contribution >= 0.6 is 0 Å². The fourth-order valence-corrected chi connectivity index (χ4v) is 2.20. The maximum absolute atomic E-state index is 6.25. The van der Waals surface area contributed by atoms with Crippen LogP contribution in [0.2, 0.25) is 0 Å². The van der Waals surface area contributed by atoms with Crippen LogP contribution in [0, 0.1) is 0 Å². The number of rotatable bonds is 2. The number of para-hydroxylation sites is 1. The molecule has 86 valence electrons. The van der Waals surface area contributed by atoms with Crippen molar-refractivity contribution in [2.45, 2.75) is 12.5 Å². The fourth-order valence-electron chi connectivity index (χ4n) is 2.20. The molecule has 1 aromatic heterocycles. The van der Waals surface area contributed by atoms with Crippen LogP contribution in [0.4, 0.5) is 0 Å². The van der Waals surface area contributed by atoms with Crippen LogP contribution in [0.15, 0.2) is 42.6 Å². The lowest BCUT2D eigenvalue weighted by Gasteiger charge is -2.14. The average Bonchev–Trinajstić information content (AvgIpc) is 2.87. The third kappa shape index (κ3) is 1.78. The number of pyridine rings is 1. The highest BCUT2D eigenvalue weighted by Gasteiger charge is 2.21. The first kappa shape index (κ1) is 10.3. The Morgan fingerprint density at radius 2 is 2.12 bits per heavy atom. The van der Waals surface area contributed by atoms with Crippen LogP contribution in [0.1, 0.15) is 22.9 Å². The second-order valence-electron chi connectivity index (χ2n) is 4.17. The Morgan fingerprint density at radius 3 is 2.94 bits per heavy atom. The van der Waals surface area contributed by atoms with E-state index in [1.54, 1.807) is 6.20 Å². The highest BCUT2D eigenvalue weighted by Crippen LogP contribution is 2.34. The van der Waals surface area contributed by atoms with Gasteiger partial charge in [-0.25, -0.2) is 0 Å². The molecule has 1 aliphatic rings. The van der Waals surface area contributed by atoms with Gasteiger partial charge in [0.25, 0.3) is 0 Å². The van der Waals surface area contributed by atoms with E-state index in [1.165, 1.54) is 5.56 Å². The van der Waals surface area contributed by atoms with Gasteiger partial charge in [0.15, 0.2) is 0 Å². The van der Waals surface area contributed by atoms with Crippen molar-refractivity contribution in [1.82, 2.24) is 4.98 Å². The first-order valence-corrected chi connectivity index (χ1v) is 5.77. The number of ether oxygens (including phenoxy) is 1. The van der Waals surface area contributed by atoms with Gasteiger partial charge in [0.2, 0.25) is 0 Å². The van der Waals surface area contributed by atoms with E-state index in [2.05, 4.69) is 11.1 Å². The van der Waals surface area contributed by atoms with E-state index in [0.29, 0.717) is 0 Å². The summed E-state index contributed by atoms with van der Waals surface area (Å²) >= 11 is 0. The lowest BCUT2D eigenvalue weighted by Crippen LogP contribution is -2.14. The van der Waals surface area contributed by atoms with E-state index in [1.807, 2.05) is 30.3 Å². The summed E-state index contributed by atoms with van der Waals surface area (Å²) in [6.07, 6.45) is 2.73. The Kier molecular flexibility index (Phi) is 2.53. The molecule has 1 atom stereocenters. The molecule has 2 N–H and O–H groups in total. The molecule has 1 aliphatic heterocycles. The SMILES string of the molecule is NC(c1ccccn1)c1cccc2c1OCC2. The summed E-state index contributed by atoms with van der Waals surface area (Å²) in [6.45, 7) is 0.751. The number of benzene rings is 1. The van der Waals surface area contributed by atoms with E-state index < -0.39 is 0 Å². The van der Waals surface area contributed by atoms with Crippen molar-refractivity contribution in [2.24, 2.45) is 5.73 Å². The summed E-state index contributed by atoms with van der Waals surface area (Å²) in [5, 5.41) is 0. The van der Waals surface area contributed by atoms with Crippen LogP contribution in [0.3, 0.4) is 0 Å². The number of hydrogen-bond acceptors (Lipinski definition) is 3. The Hall–Kier alpha value is -1.87. The predicted molar refractivity (Wildman–Crippen MR) is 65.9 cm³/mol. The number of hydrogen-bond donors (Lipinski definition) is 1. The monoisotopic (exact) mass is 226 g/mol. The first-order valence-electron chi connectivity index (χ1n) is 5.77. The van der Waals surface area contributed by atoms with Crippen molar-refractivity contribution in [3.8, 4) is 5.75 Å². The van der Waals surface area contributed by atoms with Gasteiger partial charge >= 0.3 is 0 Å². The van der Waals surface area contributed by atoms with Crippen molar-refractivity contribution in [1.29, 1.82) is 0 Å². The van der Waals surface area contributed by atoms with Gasteiger partial charge in [-0.2, -0.15) is 0 Å². The molecular formula is C14H14N2O. The van der Waals surface area contributed by atoms with Crippen molar-refractivity contribution in [3.63, 3.8) is 0 Å². The van der Waals surface area contributed by atoms with Crippen molar-refractivity contribution in [3.05, 3.63) is 59.4 Å². The summed E-state index contributed by atoms with van der Waals surface area (Å²) in [5.74, 6) is 0.950. The van der Waals surface area contributed by atoms with E-state index >= 15 is 0 Å². The maximum atomic E-state index is 6.25. The number of aromatic nitrogens is 1. The highest BCUT2D eigenvalue weighted by molar-refractivity contribution is 5.47.